The summed E-state index contributed by atoms with van der Waals surface area (Å²) in [6, 6.07) is 13.3. The van der Waals surface area contributed by atoms with E-state index in [0.717, 1.165) is 66.7 Å². The fourth-order valence-electron chi connectivity index (χ4n) is 3.24. The minimum absolute atomic E-state index is 0.214. The number of aromatic nitrogens is 1. The number of fused-ring (bicyclic) bond motifs is 1. The number of H-pyrrole nitrogens is 1. The molecule has 0 saturated heterocycles. The number of unbranched alkanes of at least 4 members (excludes halogenated alkanes) is 2. The van der Waals surface area contributed by atoms with E-state index >= 15 is 0 Å². The molecule has 0 bridgehead atoms. The molecule has 138 valence electrons. The predicted octanol–water partition coefficient (Wildman–Crippen LogP) is 5.43. The highest BCUT2D eigenvalue weighted by molar-refractivity contribution is 5.91. The van der Waals surface area contributed by atoms with Crippen LogP contribution < -0.4 is 10.5 Å². The van der Waals surface area contributed by atoms with Crippen molar-refractivity contribution in [1.29, 1.82) is 0 Å². The van der Waals surface area contributed by atoms with E-state index in [9.17, 15) is 4.39 Å². The molecule has 0 radical (unpaired) electrons. The molecule has 0 saturated carbocycles. The molecule has 0 aliphatic heterocycles. The first-order chi connectivity index (χ1) is 12.7. The molecule has 2 aromatic carbocycles. The molecule has 4 heteroatoms. The third-order valence-corrected chi connectivity index (χ3v) is 4.68. The van der Waals surface area contributed by atoms with Crippen molar-refractivity contribution < 1.29 is 9.13 Å². The van der Waals surface area contributed by atoms with Crippen LogP contribution >= 0.6 is 0 Å². The standard InChI is InChI=1S/C22H27FN2O/c1-2-3-15-26-17-12-10-16(11-13-17)21-18(7-4-5-14-24)19-8-6-9-20(23)22(19)25-21/h6,8-13,25H,2-5,7,14-15,24H2,1H3. The van der Waals surface area contributed by atoms with Gasteiger partial charge in [-0.1, -0.05) is 25.5 Å². The number of rotatable bonds is 9. The van der Waals surface area contributed by atoms with Crippen LogP contribution in [0.5, 0.6) is 5.75 Å². The fourth-order valence-corrected chi connectivity index (χ4v) is 3.24. The van der Waals surface area contributed by atoms with Crippen molar-refractivity contribution in [3.8, 4) is 17.0 Å². The lowest BCUT2D eigenvalue weighted by Crippen LogP contribution is -1.99. The summed E-state index contributed by atoms with van der Waals surface area (Å²) in [7, 11) is 0. The van der Waals surface area contributed by atoms with Gasteiger partial charge in [-0.25, -0.2) is 4.39 Å². The summed E-state index contributed by atoms with van der Waals surface area (Å²) >= 11 is 0. The minimum Gasteiger partial charge on any atom is -0.494 e. The van der Waals surface area contributed by atoms with E-state index < -0.39 is 0 Å². The van der Waals surface area contributed by atoms with Crippen LogP contribution in [0.2, 0.25) is 0 Å². The molecule has 1 heterocycles. The van der Waals surface area contributed by atoms with Gasteiger partial charge in [0.05, 0.1) is 12.1 Å². The van der Waals surface area contributed by atoms with E-state index in [4.69, 9.17) is 10.5 Å². The van der Waals surface area contributed by atoms with Gasteiger partial charge in [-0.15, -0.1) is 0 Å². The van der Waals surface area contributed by atoms with Crippen LogP contribution in [0, 0.1) is 5.82 Å². The van der Waals surface area contributed by atoms with Crippen LogP contribution in [0.25, 0.3) is 22.2 Å². The number of aromatic amines is 1. The third-order valence-electron chi connectivity index (χ3n) is 4.68. The number of para-hydroxylation sites is 1. The van der Waals surface area contributed by atoms with Crippen molar-refractivity contribution in [2.24, 2.45) is 5.73 Å². The summed E-state index contributed by atoms with van der Waals surface area (Å²) in [5, 5.41) is 0.959. The Labute approximate surface area is 154 Å². The smallest absolute Gasteiger partial charge is 0.147 e. The van der Waals surface area contributed by atoms with E-state index in [0.29, 0.717) is 12.1 Å². The topological polar surface area (TPSA) is 51.0 Å². The molecule has 26 heavy (non-hydrogen) atoms. The molecule has 3 nitrogen and oxygen atoms in total. The van der Waals surface area contributed by atoms with Crippen LogP contribution in [0.1, 0.15) is 38.2 Å². The minimum atomic E-state index is -0.214. The number of nitrogens with two attached hydrogens (primary N) is 1. The molecule has 0 atom stereocenters. The monoisotopic (exact) mass is 354 g/mol. The lowest BCUT2D eigenvalue weighted by atomic mass is 10.00. The fraction of sp³-hybridized carbons (Fsp3) is 0.364. The summed E-state index contributed by atoms with van der Waals surface area (Å²) in [6.45, 7) is 3.56. The number of ether oxygens (including phenoxy) is 1. The highest BCUT2D eigenvalue weighted by Crippen LogP contribution is 2.33. The zero-order valence-electron chi connectivity index (χ0n) is 15.4. The number of hydrogen-bond donors (Lipinski definition) is 2. The number of nitrogens with one attached hydrogen (secondary N) is 1. The first kappa shape index (κ1) is 18.5. The van der Waals surface area contributed by atoms with Gasteiger partial charge < -0.3 is 15.5 Å². The van der Waals surface area contributed by atoms with Crippen molar-refractivity contribution in [2.75, 3.05) is 13.2 Å². The zero-order valence-corrected chi connectivity index (χ0v) is 15.4. The summed E-state index contributed by atoms with van der Waals surface area (Å²) in [4.78, 5) is 3.30. The second-order valence-corrected chi connectivity index (χ2v) is 6.61. The lowest BCUT2D eigenvalue weighted by Gasteiger charge is -2.08. The molecule has 0 unspecified atom stereocenters. The highest BCUT2D eigenvalue weighted by atomic mass is 19.1. The van der Waals surface area contributed by atoms with Gasteiger partial charge in [-0.05, 0) is 73.7 Å². The molecular formula is C22H27FN2O. The maximum Gasteiger partial charge on any atom is 0.147 e. The lowest BCUT2D eigenvalue weighted by molar-refractivity contribution is 0.309. The molecule has 0 aliphatic rings. The van der Waals surface area contributed by atoms with E-state index in [1.807, 2.05) is 30.3 Å². The largest absolute Gasteiger partial charge is 0.494 e. The van der Waals surface area contributed by atoms with Crippen LogP contribution in [0.3, 0.4) is 0 Å². The molecular weight excluding hydrogens is 327 g/mol. The average molecular weight is 354 g/mol. The van der Waals surface area contributed by atoms with Crippen molar-refractivity contribution in [3.63, 3.8) is 0 Å². The second kappa shape index (κ2) is 8.86. The summed E-state index contributed by atoms with van der Waals surface area (Å²) in [5.41, 5.74) is 9.41. The van der Waals surface area contributed by atoms with Crippen LogP contribution in [0.4, 0.5) is 4.39 Å². The second-order valence-electron chi connectivity index (χ2n) is 6.61. The molecule has 0 aliphatic carbocycles. The van der Waals surface area contributed by atoms with Crippen molar-refractivity contribution in [3.05, 3.63) is 53.8 Å². The maximum atomic E-state index is 14.2. The summed E-state index contributed by atoms with van der Waals surface area (Å²) < 4.78 is 20.0. The van der Waals surface area contributed by atoms with E-state index in [1.165, 1.54) is 6.07 Å². The molecule has 3 aromatic rings. The first-order valence-corrected chi connectivity index (χ1v) is 9.47. The van der Waals surface area contributed by atoms with E-state index in [1.54, 1.807) is 6.07 Å². The molecule has 0 amide bonds. The highest BCUT2D eigenvalue weighted by Gasteiger charge is 2.15. The quantitative estimate of drug-likeness (QED) is 0.503. The molecule has 0 spiro atoms. The van der Waals surface area contributed by atoms with Gasteiger partial charge in [0.15, 0.2) is 0 Å². The van der Waals surface area contributed by atoms with Crippen LogP contribution in [-0.4, -0.2) is 18.1 Å². The third kappa shape index (κ3) is 4.07. The Morgan fingerprint density at radius 1 is 1.04 bits per heavy atom. The van der Waals surface area contributed by atoms with Gasteiger partial charge in [-0.2, -0.15) is 0 Å². The predicted molar refractivity (Wildman–Crippen MR) is 106 cm³/mol. The zero-order chi connectivity index (χ0) is 18.4. The van der Waals surface area contributed by atoms with Gasteiger partial charge in [0.25, 0.3) is 0 Å². The van der Waals surface area contributed by atoms with Crippen molar-refractivity contribution in [1.82, 2.24) is 4.98 Å². The number of benzene rings is 2. The van der Waals surface area contributed by atoms with E-state index in [2.05, 4.69) is 11.9 Å². The molecule has 0 fully saturated rings. The molecule has 3 N–H and O–H groups in total. The Bertz CT molecular complexity index is 839. The Kier molecular flexibility index (Phi) is 6.29. The van der Waals surface area contributed by atoms with Gasteiger partial charge >= 0.3 is 0 Å². The first-order valence-electron chi connectivity index (χ1n) is 9.47. The number of hydrogen-bond acceptors (Lipinski definition) is 2. The Balaban J connectivity index is 1.92. The summed E-state index contributed by atoms with van der Waals surface area (Å²) in [5.74, 6) is 0.655. The average Bonchev–Trinajstić information content (AvgIpc) is 3.03. The Morgan fingerprint density at radius 2 is 1.85 bits per heavy atom. The van der Waals surface area contributed by atoms with Crippen molar-refractivity contribution >= 4 is 10.9 Å². The molecule has 1 aromatic heterocycles. The normalized spacial score (nSPS) is 11.2. The van der Waals surface area contributed by atoms with E-state index in [-0.39, 0.29) is 5.82 Å². The number of halogens is 1. The maximum absolute atomic E-state index is 14.2. The van der Waals surface area contributed by atoms with Crippen molar-refractivity contribution in [2.45, 2.75) is 39.0 Å². The van der Waals surface area contributed by atoms with Gasteiger partial charge in [0.1, 0.15) is 11.6 Å². The Morgan fingerprint density at radius 3 is 2.58 bits per heavy atom. The van der Waals surface area contributed by atoms with Gasteiger partial charge in [-0.3, -0.25) is 0 Å². The SMILES string of the molecule is CCCCOc1ccc(-c2[nH]c3c(F)cccc3c2CCCCN)cc1. The molecule has 3 rings (SSSR count). The number of aryl methyl sites for hydroxylation is 1. The van der Waals surface area contributed by atoms with Crippen LogP contribution in [-0.2, 0) is 6.42 Å². The Hall–Kier alpha value is -2.33. The summed E-state index contributed by atoms with van der Waals surface area (Å²) in [6.07, 6.45) is 5.00. The van der Waals surface area contributed by atoms with Gasteiger partial charge in [0, 0.05) is 11.1 Å². The van der Waals surface area contributed by atoms with Crippen LogP contribution in [0.15, 0.2) is 42.5 Å². The van der Waals surface area contributed by atoms with Gasteiger partial charge in [0.2, 0.25) is 0 Å².